The molecule has 0 aliphatic heterocycles. The first-order valence-electron chi connectivity index (χ1n) is 5.77. The van der Waals surface area contributed by atoms with Crippen molar-refractivity contribution in [3.8, 4) is 0 Å². The molecule has 5 nitrogen and oxygen atoms in total. The Labute approximate surface area is 115 Å². The monoisotopic (exact) mass is 316 g/mol. The van der Waals surface area contributed by atoms with Gasteiger partial charge < -0.3 is 15.2 Å². The maximum atomic E-state index is 11.0. The SMILES string of the molecule is COCCCCCNc1ncc(Br)cc1C(=O)O. The lowest BCUT2D eigenvalue weighted by Crippen LogP contribution is -2.09. The Bertz CT molecular complexity index is 399. The fourth-order valence-electron chi connectivity index (χ4n) is 1.50. The molecule has 6 heteroatoms. The van der Waals surface area contributed by atoms with Crippen LogP contribution in [0.1, 0.15) is 29.6 Å². The van der Waals surface area contributed by atoms with Crippen LogP contribution in [0.3, 0.4) is 0 Å². The van der Waals surface area contributed by atoms with Gasteiger partial charge in [-0.3, -0.25) is 0 Å². The molecule has 0 saturated carbocycles. The largest absolute Gasteiger partial charge is 0.478 e. The van der Waals surface area contributed by atoms with Crippen LogP contribution in [0.15, 0.2) is 16.7 Å². The zero-order valence-electron chi connectivity index (χ0n) is 10.3. The third-order valence-electron chi connectivity index (χ3n) is 2.40. The number of methoxy groups -OCH3 is 1. The van der Waals surface area contributed by atoms with Crippen LogP contribution >= 0.6 is 15.9 Å². The molecular weight excluding hydrogens is 300 g/mol. The standard InChI is InChI=1S/C12H17BrN2O3/c1-18-6-4-2-3-5-14-11-10(12(16)17)7-9(13)8-15-11/h7-8H,2-6H2,1H3,(H,14,15)(H,16,17). The molecule has 0 aliphatic carbocycles. The van der Waals surface area contributed by atoms with E-state index in [2.05, 4.69) is 26.2 Å². The summed E-state index contributed by atoms with van der Waals surface area (Å²) in [6.07, 6.45) is 4.59. The van der Waals surface area contributed by atoms with E-state index in [-0.39, 0.29) is 5.56 Å². The van der Waals surface area contributed by atoms with Gasteiger partial charge in [0.2, 0.25) is 0 Å². The number of anilines is 1. The van der Waals surface area contributed by atoms with E-state index in [0.29, 0.717) is 16.8 Å². The molecule has 18 heavy (non-hydrogen) atoms. The summed E-state index contributed by atoms with van der Waals surface area (Å²) in [5.41, 5.74) is 0.182. The minimum absolute atomic E-state index is 0.182. The van der Waals surface area contributed by atoms with Crippen LogP contribution in [-0.4, -0.2) is 36.3 Å². The molecular formula is C12H17BrN2O3. The van der Waals surface area contributed by atoms with Crippen molar-refractivity contribution in [1.82, 2.24) is 4.98 Å². The fraction of sp³-hybridized carbons (Fsp3) is 0.500. The summed E-state index contributed by atoms with van der Waals surface area (Å²) in [6.45, 7) is 1.47. The van der Waals surface area contributed by atoms with Gasteiger partial charge in [0.15, 0.2) is 0 Å². The number of nitrogens with one attached hydrogen (secondary N) is 1. The van der Waals surface area contributed by atoms with Gasteiger partial charge in [-0.15, -0.1) is 0 Å². The molecule has 1 aromatic rings. The van der Waals surface area contributed by atoms with Crippen LogP contribution in [0.25, 0.3) is 0 Å². The summed E-state index contributed by atoms with van der Waals surface area (Å²) >= 11 is 3.21. The van der Waals surface area contributed by atoms with Crippen LogP contribution in [0.5, 0.6) is 0 Å². The van der Waals surface area contributed by atoms with Crippen molar-refractivity contribution in [2.75, 3.05) is 25.6 Å². The zero-order chi connectivity index (χ0) is 13.4. The molecule has 1 rings (SSSR count). The topological polar surface area (TPSA) is 71.5 Å². The van der Waals surface area contributed by atoms with E-state index in [1.54, 1.807) is 19.4 Å². The van der Waals surface area contributed by atoms with Gasteiger partial charge in [-0.25, -0.2) is 9.78 Å². The van der Waals surface area contributed by atoms with E-state index >= 15 is 0 Å². The second kappa shape index (κ2) is 8.05. The Balaban J connectivity index is 2.44. The van der Waals surface area contributed by atoms with Crippen molar-refractivity contribution in [1.29, 1.82) is 0 Å². The van der Waals surface area contributed by atoms with E-state index < -0.39 is 5.97 Å². The summed E-state index contributed by atoms with van der Waals surface area (Å²) < 4.78 is 5.61. The Morgan fingerprint density at radius 3 is 2.94 bits per heavy atom. The zero-order valence-corrected chi connectivity index (χ0v) is 11.9. The lowest BCUT2D eigenvalue weighted by molar-refractivity contribution is 0.0697. The second-order valence-corrected chi connectivity index (χ2v) is 4.75. The number of ether oxygens (including phenoxy) is 1. The number of pyridine rings is 1. The number of aromatic nitrogens is 1. The van der Waals surface area contributed by atoms with Crippen LogP contribution in [0.2, 0.25) is 0 Å². The summed E-state index contributed by atoms with van der Waals surface area (Å²) in [7, 11) is 1.68. The van der Waals surface area contributed by atoms with Crippen molar-refractivity contribution < 1.29 is 14.6 Å². The van der Waals surface area contributed by atoms with Gasteiger partial charge in [-0.05, 0) is 41.3 Å². The highest BCUT2D eigenvalue weighted by molar-refractivity contribution is 9.10. The first-order valence-corrected chi connectivity index (χ1v) is 6.56. The number of halogens is 1. The van der Waals surface area contributed by atoms with Crippen molar-refractivity contribution in [2.45, 2.75) is 19.3 Å². The number of hydrogen-bond donors (Lipinski definition) is 2. The molecule has 0 unspecified atom stereocenters. The average molecular weight is 317 g/mol. The lowest BCUT2D eigenvalue weighted by Gasteiger charge is -2.08. The smallest absolute Gasteiger partial charge is 0.339 e. The lowest BCUT2D eigenvalue weighted by atomic mass is 10.2. The molecule has 0 aliphatic rings. The van der Waals surface area contributed by atoms with Gasteiger partial charge in [0.05, 0.1) is 0 Å². The van der Waals surface area contributed by atoms with Gasteiger partial charge in [0.25, 0.3) is 0 Å². The molecule has 2 N–H and O–H groups in total. The highest BCUT2D eigenvalue weighted by Gasteiger charge is 2.11. The van der Waals surface area contributed by atoms with E-state index in [0.717, 1.165) is 25.9 Å². The summed E-state index contributed by atoms with van der Waals surface area (Å²) in [6, 6.07) is 1.54. The Kier molecular flexibility index (Phi) is 6.67. The number of hydrogen-bond acceptors (Lipinski definition) is 4. The third kappa shape index (κ3) is 5.01. The maximum Gasteiger partial charge on any atom is 0.339 e. The third-order valence-corrected chi connectivity index (χ3v) is 2.84. The highest BCUT2D eigenvalue weighted by atomic mass is 79.9. The van der Waals surface area contributed by atoms with E-state index in [4.69, 9.17) is 9.84 Å². The van der Waals surface area contributed by atoms with E-state index in [9.17, 15) is 4.79 Å². The van der Waals surface area contributed by atoms with E-state index in [1.807, 2.05) is 0 Å². The summed E-state index contributed by atoms with van der Waals surface area (Å²) in [5.74, 6) is -0.567. The molecule has 0 fully saturated rings. The first-order chi connectivity index (χ1) is 8.65. The molecule has 1 aromatic heterocycles. The van der Waals surface area contributed by atoms with Crippen molar-refractivity contribution in [3.63, 3.8) is 0 Å². The Morgan fingerprint density at radius 2 is 2.28 bits per heavy atom. The molecule has 0 spiro atoms. The minimum atomic E-state index is -0.981. The number of rotatable bonds is 8. The number of nitrogens with zero attached hydrogens (tertiary/aromatic N) is 1. The van der Waals surface area contributed by atoms with Crippen LogP contribution in [0.4, 0.5) is 5.82 Å². The van der Waals surface area contributed by atoms with Gasteiger partial charge in [-0.2, -0.15) is 0 Å². The Hall–Kier alpha value is -1.14. The number of carboxylic acid groups (broad SMARTS) is 1. The summed E-state index contributed by atoms with van der Waals surface area (Å²) in [5, 5.41) is 12.1. The molecule has 1 heterocycles. The fourth-order valence-corrected chi connectivity index (χ4v) is 1.83. The average Bonchev–Trinajstić information content (AvgIpc) is 2.35. The second-order valence-electron chi connectivity index (χ2n) is 3.84. The highest BCUT2D eigenvalue weighted by Crippen LogP contribution is 2.18. The number of aromatic carboxylic acids is 1. The van der Waals surface area contributed by atoms with Crippen molar-refractivity contribution >= 4 is 27.7 Å². The quantitative estimate of drug-likeness (QED) is 0.721. The minimum Gasteiger partial charge on any atom is -0.478 e. The van der Waals surface area contributed by atoms with Crippen LogP contribution in [-0.2, 0) is 4.74 Å². The van der Waals surface area contributed by atoms with E-state index in [1.165, 1.54) is 0 Å². The predicted octanol–water partition coefficient (Wildman–Crippen LogP) is 2.77. The molecule has 0 saturated heterocycles. The molecule has 100 valence electrons. The number of carboxylic acids is 1. The van der Waals surface area contributed by atoms with Gasteiger partial charge >= 0.3 is 5.97 Å². The van der Waals surface area contributed by atoms with Crippen LogP contribution < -0.4 is 5.32 Å². The van der Waals surface area contributed by atoms with Crippen LogP contribution in [0, 0.1) is 0 Å². The molecule has 0 radical (unpaired) electrons. The van der Waals surface area contributed by atoms with Crippen molar-refractivity contribution in [3.05, 3.63) is 22.3 Å². The number of carbonyl (C=O) groups is 1. The van der Waals surface area contributed by atoms with Gasteiger partial charge in [0.1, 0.15) is 11.4 Å². The van der Waals surface area contributed by atoms with Gasteiger partial charge in [-0.1, -0.05) is 0 Å². The first kappa shape index (κ1) is 14.9. The Morgan fingerprint density at radius 1 is 1.50 bits per heavy atom. The molecule has 0 amide bonds. The van der Waals surface area contributed by atoms with Gasteiger partial charge in [0, 0.05) is 30.9 Å². The number of unbranched alkanes of at least 4 members (excludes halogenated alkanes) is 2. The van der Waals surface area contributed by atoms with Crippen molar-refractivity contribution in [2.24, 2.45) is 0 Å². The molecule has 0 bridgehead atoms. The predicted molar refractivity (Wildman–Crippen MR) is 73.1 cm³/mol. The molecule has 0 aromatic carbocycles. The maximum absolute atomic E-state index is 11.0. The summed E-state index contributed by atoms with van der Waals surface area (Å²) in [4.78, 5) is 15.1. The molecule has 0 atom stereocenters. The normalized spacial score (nSPS) is 10.3.